The van der Waals surface area contributed by atoms with Crippen LogP contribution in [-0.2, 0) is 11.3 Å². The Morgan fingerprint density at radius 3 is 3.15 bits per heavy atom. The SMILES string of the molecule is O=C1CN=C(CCn2cccn2)N1. The summed E-state index contributed by atoms with van der Waals surface area (Å²) in [6.45, 7) is 1.03. The molecule has 5 heteroatoms. The summed E-state index contributed by atoms with van der Waals surface area (Å²) in [5, 5.41) is 6.73. The van der Waals surface area contributed by atoms with E-state index in [2.05, 4.69) is 15.4 Å². The van der Waals surface area contributed by atoms with Crippen molar-refractivity contribution in [3.63, 3.8) is 0 Å². The number of amidine groups is 1. The van der Waals surface area contributed by atoms with Crippen molar-refractivity contribution in [3.05, 3.63) is 18.5 Å². The van der Waals surface area contributed by atoms with E-state index in [1.54, 1.807) is 6.20 Å². The van der Waals surface area contributed by atoms with E-state index >= 15 is 0 Å². The van der Waals surface area contributed by atoms with Crippen LogP contribution in [0, 0.1) is 0 Å². The Bertz CT molecular complexity index is 328. The third-order valence-electron chi connectivity index (χ3n) is 1.83. The van der Waals surface area contributed by atoms with Gasteiger partial charge in [0.2, 0.25) is 5.91 Å². The van der Waals surface area contributed by atoms with E-state index in [9.17, 15) is 4.79 Å². The first-order valence-electron chi connectivity index (χ1n) is 4.15. The maximum Gasteiger partial charge on any atom is 0.246 e. The van der Waals surface area contributed by atoms with Gasteiger partial charge in [-0.3, -0.25) is 14.5 Å². The highest BCUT2D eigenvalue weighted by molar-refractivity contribution is 6.03. The lowest BCUT2D eigenvalue weighted by atomic mass is 10.4. The van der Waals surface area contributed by atoms with Gasteiger partial charge in [0.1, 0.15) is 12.4 Å². The molecule has 0 spiro atoms. The second-order valence-electron chi connectivity index (χ2n) is 2.83. The Balaban J connectivity index is 1.84. The average Bonchev–Trinajstić information content (AvgIpc) is 2.71. The number of nitrogens with zero attached hydrogens (tertiary/aromatic N) is 3. The summed E-state index contributed by atoms with van der Waals surface area (Å²) < 4.78 is 1.81. The van der Waals surface area contributed by atoms with Crippen LogP contribution in [0.4, 0.5) is 0 Å². The smallest absolute Gasteiger partial charge is 0.246 e. The van der Waals surface area contributed by atoms with Crippen molar-refractivity contribution < 1.29 is 4.79 Å². The number of carbonyl (C=O) groups excluding carboxylic acids is 1. The molecule has 0 radical (unpaired) electrons. The standard InChI is InChI=1S/C8H10N4O/c13-8-6-9-7(11-8)2-5-12-4-1-3-10-12/h1,3-4H,2,5-6H2,(H,9,11,13). The van der Waals surface area contributed by atoms with Gasteiger partial charge in [0.25, 0.3) is 0 Å². The van der Waals surface area contributed by atoms with E-state index in [0.717, 1.165) is 18.8 Å². The molecule has 0 bridgehead atoms. The van der Waals surface area contributed by atoms with Crippen LogP contribution < -0.4 is 5.32 Å². The van der Waals surface area contributed by atoms with Crippen molar-refractivity contribution in [1.29, 1.82) is 0 Å². The number of nitrogens with one attached hydrogen (secondary N) is 1. The first kappa shape index (κ1) is 7.97. The lowest BCUT2D eigenvalue weighted by Crippen LogP contribution is -2.25. The van der Waals surface area contributed by atoms with E-state index in [1.165, 1.54) is 0 Å². The minimum atomic E-state index is -0.0181. The van der Waals surface area contributed by atoms with Gasteiger partial charge in [-0.25, -0.2) is 0 Å². The minimum Gasteiger partial charge on any atom is -0.313 e. The molecule has 13 heavy (non-hydrogen) atoms. The third kappa shape index (κ3) is 1.93. The number of amides is 1. The van der Waals surface area contributed by atoms with Gasteiger partial charge in [-0.05, 0) is 6.07 Å². The maximum atomic E-state index is 10.8. The molecule has 1 N–H and O–H groups in total. The molecule has 1 aromatic heterocycles. The van der Waals surface area contributed by atoms with Gasteiger partial charge in [0.15, 0.2) is 0 Å². The fourth-order valence-corrected chi connectivity index (χ4v) is 1.20. The predicted octanol–water partition coefficient (Wildman–Crippen LogP) is -0.198. The molecule has 0 fully saturated rings. The zero-order chi connectivity index (χ0) is 9.10. The van der Waals surface area contributed by atoms with Gasteiger partial charge in [-0.2, -0.15) is 5.10 Å². The Kier molecular flexibility index (Phi) is 2.08. The highest BCUT2D eigenvalue weighted by Gasteiger charge is 2.12. The number of carbonyl (C=O) groups is 1. The van der Waals surface area contributed by atoms with Gasteiger partial charge in [-0.1, -0.05) is 0 Å². The third-order valence-corrected chi connectivity index (χ3v) is 1.83. The lowest BCUT2D eigenvalue weighted by Gasteiger charge is -2.00. The number of rotatable bonds is 3. The average molecular weight is 178 g/mol. The molecule has 0 saturated carbocycles. The van der Waals surface area contributed by atoms with Crippen LogP contribution in [0.1, 0.15) is 6.42 Å². The molecule has 68 valence electrons. The monoisotopic (exact) mass is 178 g/mol. The normalized spacial score (nSPS) is 15.7. The molecule has 1 amide bonds. The zero-order valence-corrected chi connectivity index (χ0v) is 7.10. The molecule has 1 aliphatic rings. The Morgan fingerprint density at radius 1 is 1.62 bits per heavy atom. The Labute approximate surface area is 75.5 Å². The molecule has 0 aromatic carbocycles. The van der Waals surface area contributed by atoms with Crippen molar-refractivity contribution in [2.45, 2.75) is 13.0 Å². The predicted molar refractivity (Wildman–Crippen MR) is 47.3 cm³/mol. The van der Waals surface area contributed by atoms with Gasteiger partial charge >= 0.3 is 0 Å². The Morgan fingerprint density at radius 2 is 2.54 bits per heavy atom. The first-order chi connectivity index (χ1) is 6.34. The van der Waals surface area contributed by atoms with Crippen LogP contribution in [0.3, 0.4) is 0 Å². The number of aryl methyl sites for hydroxylation is 1. The van der Waals surface area contributed by atoms with E-state index in [-0.39, 0.29) is 12.5 Å². The molecular weight excluding hydrogens is 168 g/mol. The molecule has 0 atom stereocenters. The molecule has 0 aliphatic carbocycles. The topological polar surface area (TPSA) is 59.3 Å². The Hall–Kier alpha value is -1.65. The van der Waals surface area contributed by atoms with Crippen LogP contribution >= 0.6 is 0 Å². The van der Waals surface area contributed by atoms with Crippen molar-refractivity contribution in [2.75, 3.05) is 6.54 Å². The summed E-state index contributed by atoms with van der Waals surface area (Å²) in [7, 11) is 0. The maximum absolute atomic E-state index is 10.8. The van der Waals surface area contributed by atoms with Crippen molar-refractivity contribution in [2.24, 2.45) is 4.99 Å². The van der Waals surface area contributed by atoms with Gasteiger partial charge in [0, 0.05) is 25.4 Å². The van der Waals surface area contributed by atoms with E-state index < -0.39 is 0 Å². The van der Waals surface area contributed by atoms with Gasteiger partial charge in [0.05, 0.1) is 0 Å². The summed E-state index contributed by atoms with van der Waals surface area (Å²) in [6, 6.07) is 1.87. The fraction of sp³-hybridized carbons (Fsp3) is 0.375. The lowest BCUT2D eigenvalue weighted by molar-refractivity contribution is -0.117. The van der Waals surface area contributed by atoms with Gasteiger partial charge < -0.3 is 5.32 Å². The number of hydrogen-bond acceptors (Lipinski definition) is 3. The minimum absolute atomic E-state index is 0.0181. The van der Waals surface area contributed by atoms with E-state index in [1.807, 2.05) is 16.9 Å². The molecule has 0 saturated heterocycles. The quantitative estimate of drug-likeness (QED) is 0.696. The zero-order valence-electron chi connectivity index (χ0n) is 7.10. The number of aromatic nitrogens is 2. The molecule has 2 heterocycles. The van der Waals surface area contributed by atoms with Crippen LogP contribution in [0.15, 0.2) is 23.5 Å². The number of aliphatic imine (C=N–C) groups is 1. The highest BCUT2D eigenvalue weighted by atomic mass is 16.2. The second-order valence-corrected chi connectivity index (χ2v) is 2.83. The summed E-state index contributed by atoms with van der Waals surface area (Å²) in [5.41, 5.74) is 0. The fourth-order valence-electron chi connectivity index (χ4n) is 1.20. The van der Waals surface area contributed by atoms with E-state index in [4.69, 9.17) is 0 Å². The van der Waals surface area contributed by atoms with Crippen molar-refractivity contribution in [3.8, 4) is 0 Å². The largest absolute Gasteiger partial charge is 0.313 e. The van der Waals surface area contributed by atoms with Crippen LogP contribution in [0.5, 0.6) is 0 Å². The van der Waals surface area contributed by atoms with Crippen LogP contribution in [0.2, 0.25) is 0 Å². The van der Waals surface area contributed by atoms with Crippen LogP contribution in [-0.4, -0.2) is 28.1 Å². The number of hydrogen-bond donors (Lipinski definition) is 1. The highest BCUT2D eigenvalue weighted by Crippen LogP contribution is 1.95. The molecule has 1 aromatic rings. The van der Waals surface area contributed by atoms with Crippen molar-refractivity contribution >= 4 is 11.7 Å². The van der Waals surface area contributed by atoms with E-state index in [0.29, 0.717) is 0 Å². The second kappa shape index (κ2) is 3.38. The molecule has 2 rings (SSSR count). The molecule has 1 aliphatic heterocycles. The molecular formula is C8H10N4O. The summed E-state index contributed by atoms with van der Waals surface area (Å²) in [4.78, 5) is 14.8. The molecule has 5 nitrogen and oxygen atoms in total. The summed E-state index contributed by atoms with van der Waals surface area (Å²) in [5.74, 6) is 0.746. The summed E-state index contributed by atoms with van der Waals surface area (Å²) >= 11 is 0. The van der Waals surface area contributed by atoms with Crippen molar-refractivity contribution in [1.82, 2.24) is 15.1 Å². The van der Waals surface area contributed by atoms with Crippen LogP contribution in [0.25, 0.3) is 0 Å². The first-order valence-corrected chi connectivity index (χ1v) is 4.15. The summed E-state index contributed by atoms with van der Waals surface area (Å²) in [6.07, 6.45) is 4.35. The molecule has 0 unspecified atom stereocenters. The van der Waals surface area contributed by atoms with Gasteiger partial charge in [-0.15, -0.1) is 0 Å².